The number of halogens is 2. The highest BCUT2D eigenvalue weighted by molar-refractivity contribution is 7.92. The number of ether oxygens (including phenoxy) is 1. The highest BCUT2D eigenvalue weighted by Crippen LogP contribution is 2.30. The van der Waals surface area contributed by atoms with E-state index in [4.69, 9.17) is 27.9 Å². The minimum atomic E-state index is -4.27. The van der Waals surface area contributed by atoms with Crippen LogP contribution in [-0.4, -0.2) is 44.8 Å². The summed E-state index contributed by atoms with van der Waals surface area (Å²) in [6.45, 7) is 1.17. The normalized spacial score (nSPS) is 11.8. The maximum atomic E-state index is 14.5. The summed E-state index contributed by atoms with van der Waals surface area (Å²) in [7, 11) is -2.78. The van der Waals surface area contributed by atoms with Gasteiger partial charge in [0.2, 0.25) is 11.8 Å². The maximum absolute atomic E-state index is 14.5. The molecule has 252 valence electrons. The van der Waals surface area contributed by atoms with Gasteiger partial charge in [-0.25, -0.2) is 8.42 Å². The van der Waals surface area contributed by atoms with Gasteiger partial charge in [-0.3, -0.25) is 13.9 Å². The topological polar surface area (TPSA) is 96.0 Å². The van der Waals surface area contributed by atoms with E-state index in [1.54, 1.807) is 66.7 Å². The number of amides is 2. The van der Waals surface area contributed by atoms with Gasteiger partial charge in [0, 0.05) is 30.1 Å². The number of anilines is 1. The smallest absolute Gasteiger partial charge is 0.264 e. The van der Waals surface area contributed by atoms with Crippen molar-refractivity contribution in [2.45, 2.75) is 30.8 Å². The molecule has 0 bridgehead atoms. The monoisotopic (exact) mass is 715 g/mol. The Morgan fingerprint density at radius 3 is 2.02 bits per heavy atom. The van der Waals surface area contributed by atoms with Crippen molar-refractivity contribution in [3.63, 3.8) is 0 Å². The molecule has 1 atom stereocenters. The summed E-state index contributed by atoms with van der Waals surface area (Å²) in [6, 6.07) is 35.2. The van der Waals surface area contributed by atoms with E-state index in [2.05, 4.69) is 5.32 Å². The SMILES string of the molecule is CNC(=O)[C@H](Cc1ccccc1)N(Cc1ccc(Cl)cc1Cl)C(=O)CN(c1ccc(Oc2ccccc2)cc1)S(=O)(=O)c1ccc(C)cc1. The number of hydrogen-bond acceptors (Lipinski definition) is 5. The van der Waals surface area contributed by atoms with Gasteiger partial charge in [-0.15, -0.1) is 0 Å². The van der Waals surface area contributed by atoms with Crippen molar-refractivity contribution in [1.29, 1.82) is 0 Å². The number of hydrogen-bond donors (Lipinski definition) is 1. The van der Waals surface area contributed by atoms with Crippen LogP contribution in [0.15, 0.2) is 132 Å². The Morgan fingerprint density at radius 1 is 0.796 bits per heavy atom. The van der Waals surface area contributed by atoms with Gasteiger partial charge in [0.05, 0.1) is 10.6 Å². The fraction of sp³-hybridized carbons (Fsp3) is 0.158. The number of carbonyl (C=O) groups excluding carboxylic acids is 2. The zero-order valence-electron chi connectivity index (χ0n) is 26.9. The summed E-state index contributed by atoms with van der Waals surface area (Å²) in [4.78, 5) is 29.4. The van der Waals surface area contributed by atoms with Crippen LogP contribution in [0.1, 0.15) is 16.7 Å². The molecule has 0 aliphatic carbocycles. The van der Waals surface area contributed by atoms with E-state index in [0.717, 1.165) is 15.4 Å². The Balaban J connectivity index is 1.56. The average molecular weight is 717 g/mol. The molecular formula is C38H35Cl2N3O5S. The molecule has 49 heavy (non-hydrogen) atoms. The van der Waals surface area contributed by atoms with Crippen molar-refractivity contribution < 1.29 is 22.7 Å². The molecule has 0 radical (unpaired) electrons. The van der Waals surface area contributed by atoms with Crippen molar-refractivity contribution in [3.05, 3.63) is 154 Å². The summed E-state index contributed by atoms with van der Waals surface area (Å²) >= 11 is 12.7. The minimum absolute atomic E-state index is 0.00921. The number of likely N-dealkylation sites (N-methyl/N-ethyl adjacent to an activating group) is 1. The summed E-state index contributed by atoms with van der Waals surface area (Å²) < 4.78 is 35.5. The van der Waals surface area contributed by atoms with Gasteiger partial charge in [-0.2, -0.15) is 0 Å². The van der Waals surface area contributed by atoms with Crippen LogP contribution < -0.4 is 14.4 Å². The fourth-order valence-electron chi connectivity index (χ4n) is 5.23. The van der Waals surface area contributed by atoms with Crippen LogP contribution in [0.3, 0.4) is 0 Å². The summed E-state index contributed by atoms with van der Waals surface area (Å²) in [5, 5.41) is 3.39. The highest BCUT2D eigenvalue weighted by atomic mass is 35.5. The van der Waals surface area contributed by atoms with Crippen molar-refractivity contribution in [2.24, 2.45) is 0 Å². The predicted octanol–water partition coefficient (Wildman–Crippen LogP) is 7.68. The Morgan fingerprint density at radius 2 is 1.41 bits per heavy atom. The van der Waals surface area contributed by atoms with Gasteiger partial charge in [0.1, 0.15) is 24.1 Å². The first-order chi connectivity index (χ1) is 23.5. The molecule has 5 aromatic carbocycles. The van der Waals surface area contributed by atoms with Crippen LogP contribution in [0.5, 0.6) is 11.5 Å². The quantitative estimate of drug-likeness (QED) is 0.135. The number of aryl methyl sites for hydroxylation is 1. The molecule has 8 nitrogen and oxygen atoms in total. The van der Waals surface area contributed by atoms with Gasteiger partial charge in [0.25, 0.3) is 10.0 Å². The number of benzene rings is 5. The lowest BCUT2D eigenvalue weighted by atomic mass is 10.0. The predicted molar refractivity (Wildman–Crippen MR) is 194 cm³/mol. The van der Waals surface area contributed by atoms with Crippen LogP contribution >= 0.6 is 23.2 Å². The molecule has 0 fully saturated rings. The molecule has 0 aromatic heterocycles. The van der Waals surface area contributed by atoms with E-state index in [1.807, 2.05) is 55.5 Å². The van der Waals surface area contributed by atoms with Crippen LogP contribution in [0.25, 0.3) is 0 Å². The van der Waals surface area contributed by atoms with E-state index >= 15 is 0 Å². The lowest BCUT2D eigenvalue weighted by molar-refractivity contribution is -0.139. The Labute approximate surface area is 296 Å². The average Bonchev–Trinajstić information content (AvgIpc) is 3.10. The van der Waals surface area contributed by atoms with Crippen molar-refractivity contribution in [1.82, 2.24) is 10.2 Å². The van der Waals surface area contributed by atoms with E-state index < -0.39 is 34.4 Å². The second-order valence-electron chi connectivity index (χ2n) is 11.3. The molecule has 11 heteroatoms. The third-order valence-corrected chi connectivity index (χ3v) is 10.2. The first kappa shape index (κ1) is 35.5. The molecular weight excluding hydrogens is 681 g/mol. The standard InChI is InChI=1S/C38H35Cl2N3O5S/c1-27-13-21-34(22-14-27)49(46,47)43(31-17-19-33(20-18-31)48-32-11-7-4-8-12-32)26-37(44)42(25-29-15-16-30(39)24-35(29)40)36(38(45)41-2)23-28-9-5-3-6-10-28/h3-22,24,36H,23,25-26H2,1-2H3,(H,41,45)/t36-/m0/s1. The van der Waals surface area contributed by atoms with Gasteiger partial charge in [0.15, 0.2) is 0 Å². The zero-order valence-corrected chi connectivity index (χ0v) is 29.3. The number of nitrogens with one attached hydrogen (secondary N) is 1. The lowest BCUT2D eigenvalue weighted by Gasteiger charge is -2.33. The van der Waals surface area contributed by atoms with Gasteiger partial charge < -0.3 is 15.0 Å². The van der Waals surface area contributed by atoms with Crippen molar-refractivity contribution >= 4 is 50.7 Å². The van der Waals surface area contributed by atoms with Gasteiger partial charge in [-0.1, -0.05) is 95.5 Å². The van der Waals surface area contributed by atoms with Gasteiger partial charge >= 0.3 is 0 Å². The van der Waals surface area contributed by atoms with E-state index in [9.17, 15) is 18.0 Å². The number of para-hydroxylation sites is 1. The second kappa shape index (κ2) is 16.0. The summed E-state index contributed by atoms with van der Waals surface area (Å²) in [5.74, 6) is 0.0636. The second-order valence-corrected chi connectivity index (χ2v) is 14.0. The third-order valence-electron chi connectivity index (χ3n) is 7.86. The molecule has 0 saturated heterocycles. The van der Waals surface area contributed by atoms with Crippen LogP contribution in [-0.2, 0) is 32.6 Å². The molecule has 0 heterocycles. The van der Waals surface area contributed by atoms with E-state index in [0.29, 0.717) is 27.1 Å². The molecule has 1 N–H and O–H groups in total. The molecule has 0 spiro atoms. The first-order valence-electron chi connectivity index (χ1n) is 15.5. The first-order valence-corrected chi connectivity index (χ1v) is 17.7. The lowest BCUT2D eigenvalue weighted by Crippen LogP contribution is -2.53. The molecule has 0 aliphatic rings. The zero-order chi connectivity index (χ0) is 35.0. The molecule has 5 aromatic rings. The van der Waals surface area contributed by atoms with Crippen LogP contribution in [0, 0.1) is 6.92 Å². The summed E-state index contributed by atoms with van der Waals surface area (Å²) in [6.07, 6.45) is 0.174. The Kier molecular flexibility index (Phi) is 11.6. The van der Waals surface area contributed by atoms with Gasteiger partial charge in [-0.05, 0) is 78.7 Å². The number of rotatable bonds is 13. The maximum Gasteiger partial charge on any atom is 0.264 e. The largest absolute Gasteiger partial charge is 0.457 e. The van der Waals surface area contributed by atoms with E-state index in [1.165, 1.54) is 24.1 Å². The molecule has 0 unspecified atom stereocenters. The van der Waals surface area contributed by atoms with E-state index in [-0.39, 0.29) is 23.5 Å². The Hall–Kier alpha value is -4.83. The van der Waals surface area contributed by atoms with Crippen molar-refractivity contribution in [2.75, 3.05) is 17.9 Å². The highest BCUT2D eigenvalue weighted by Gasteiger charge is 2.34. The molecule has 0 saturated carbocycles. The fourth-order valence-corrected chi connectivity index (χ4v) is 7.11. The number of sulfonamides is 1. The molecule has 5 rings (SSSR count). The summed E-state index contributed by atoms with van der Waals surface area (Å²) in [5.41, 5.74) is 2.47. The van der Waals surface area contributed by atoms with Crippen LogP contribution in [0.4, 0.5) is 5.69 Å². The Bertz CT molecular complexity index is 1990. The molecule has 2 amide bonds. The van der Waals surface area contributed by atoms with Crippen LogP contribution in [0.2, 0.25) is 10.0 Å². The minimum Gasteiger partial charge on any atom is -0.457 e. The number of nitrogens with zero attached hydrogens (tertiary/aromatic N) is 2. The molecule has 0 aliphatic heterocycles. The van der Waals surface area contributed by atoms with Crippen molar-refractivity contribution in [3.8, 4) is 11.5 Å². The number of carbonyl (C=O) groups is 2. The third kappa shape index (κ3) is 9.00.